The number of rotatable bonds is 2. The van der Waals surface area contributed by atoms with Crippen LogP contribution >= 0.6 is 0 Å². The van der Waals surface area contributed by atoms with E-state index in [4.69, 9.17) is 0 Å². The second-order valence-corrected chi connectivity index (χ2v) is 6.00. The molecule has 2 saturated heterocycles. The van der Waals surface area contributed by atoms with Gasteiger partial charge in [-0.3, -0.25) is 4.79 Å². The molecule has 1 aromatic rings. The fraction of sp³-hybridized carbons (Fsp3) is 0.588. The fourth-order valence-corrected chi connectivity index (χ4v) is 3.49. The number of amides is 1. The summed E-state index contributed by atoms with van der Waals surface area (Å²) in [4.78, 5) is 15.0. The van der Waals surface area contributed by atoms with E-state index in [2.05, 4.69) is 34.5 Å². The summed E-state index contributed by atoms with van der Waals surface area (Å²) in [6, 6.07) is 10.8. The Kier molecular flexibility index (Phi) is 4.36. The van der Waals surface area contributed by atoms with Gasteiger partial charge in [0.05, 0.1) is 12.0 Å². The SMILES string of the molecule is O=C(C1CCNC1)N1CCCCCC1c1ccccc1. The van der Waals surface area contributed by atoms with Crippen molar-refractivity contribution in [2.45, 2.75) is 38.1 Å². The first-order chi connectivity index (χ1) is 9.86. The van der Waals surface area contributed by atoms with E-state index in [1.807, 2.05) is 6.07 Å². The minimum absolute atomic E-state index is 0.194. The Labute approximate surface area is 121 Å². The minimum atomic E-state index is 0.194. The Bertz CT molecular complexity index is 440. The lowest BCUT2D eigenvalue weighted by atomic mass is 9.98. The molecule has 2 aliphatic rings. The lowest BCUT2D eigenvalue weighted by Crippen LogP contribution is -2.39. The number of hydrogen-bond acceptors (Lipinski definition) is 2. The highest BCUT2D eigenvalue weighted by Gasteiger charge is 2.32. The number of carbonyl (C=O) groups is 1. The van der Waals surface area contributed by atoms with E-state index in [0.717, 1.165) is 38.9 Å². The normalized spacial score (nSPS) is 27.3. The van der Waals surface area contributed by atoms with E-state index in [9.17, 15) is 4.79 Å². The van der Waals surface area contributed by atoms with Crippen molar-refractivity contribution in [1.29, 1.82) is 0 Å². The zero-order chi connectivity index (χ0) is 13.8. The minimum Gasteiger partial charge on any atom is -0.335 e. The molecular formula is C17H24N2O. The van der Waals surface area contributed by atoms with Crippen molar-refractivity contribution in [2.75, 3.05) is 19.6 Å². The molecular weight excluding hydrogens is 248 g/mol. The van der Waals surface area contributed by atoms with Gasteiger partial charge in [0.1, 0.15) is 0 Å². The van der Waals surface area contributed by atoms with E-state index < -0.39 is 0 Å². The Morgan fingerprint density at radius 2 is 1.95 bits per heavy atom. The molecule has 2 aliphatic heterocycles. The van der Waals surface area contributed by atoms with Crippen molar-refractivity contribution in [1.82, 2.24) is 10.2 Å². The molecule has 0 aromatic heterocycles. The van der Waals surface area contributed by atoms with Gasteiger partial charge in [-0.15, -0.1) is 0 Å². The molecule has 3 rings (SSSR count). The third-order valence-electron chi connectivity index (χ3n) is 4.63. The molecule has 0 spiro atoms. The quantitative estimate of drug-likeness (QED) is 0.898. The first kappa shape index (κ1) is 13.6. The summed E-state index contributed by atoms with van der Waals surface area (Å²) in [7, 11) is 0. The molecule has 2 fully saturated rings. The van der Waals surface area contributed by atoms with Crippen molar-refractivity contribution in [3.05, 3.63) is 35.9 Å². The Morgan fingerprint density at radius 3 is 2.70 bits per heavy atom. The Hall–Kier alpha value is -1.35. The van der Waals surface area contributed by atoms with Crippen LogP contribution in [0.25, 0.3) is 0 Å². The molecule has 108 valence electrons. The average molecular weight is 272 g/mol. The van der Waals surface area contributed by atoms with E-state index in [-0.39, 0.29) is 12.0 Å². The highest BCUT2D eigenvalue weighted by Crippen LogP contribution is 2.31. The predicted molar refractivity (Wildman–Crippen MR) is 80.3 cm³/mol. The number of likely N-dealkylation sites (tertiary alicyclic amines) is 1. The van der Waals surface area contributed by atoms with E-state index in [0.29, 0.717) is 5.91 Å². The average Bonchev–Trinajstić information content (AvgIpc) is 2.92. The summed E-state index contributed by atoms with van der Waals surface area (Å²) in [5.74, 6) is 0.560. The summed E-state index contributed by atoms with van der Waals surface area (Å²) in [6.45, 7) is 2.77. The highest BCUT2D eigenvalue weighted by molar-refractivity contribution is 5.80. The topological polar surface area (TPSA) is 32.3 Å². The number of carbonyl (C=O) groups excluding carboxylic acids is 1. The van der Waals surface area contributed by atoms with Gasteiger partial charge in [0, 0.05) is 13.1 Å². The highest BCUT2D eigenvalue weighted by atomic mass is 16.2. The zero-order valence-corrected chi connectivity index (χ0v) is 12.1. The van der Waals surface area contributed by atoms with Crippen LogP contribution in [0.1, 0.15) is 43.7 Å². The standard InChI is InChI=1S/C17H24N2O/c20-17(15-10-11-18-13-15)19-12-6-2-5-9-16(19)14-7-3-1-4-8-14/h1,3-4,7-8,15-16,18H,2,5-6,9-13H2. The summed E-state index contributed by atoms with van der Waals surface area (Å²) in [6.07, 6.45) is 5.73. The van der Waals surface area contributed by atoms with Gasteiger partial charge < -0.3 is 10.2 Å². The maximum absolute atomic E-state index is 12.8. The van der Waals surface area contributed by atoms with Crippen LogP contribution in [0.4, 0.5) is 0 Å². The monoisotopic (exact) mass is 272 g/mol. The van der Waals surface area contributed by atoms with Gasteiger partial charge in [0.25, 0.3) is 0 Å². The van der Waals surface area contributed by atoms with Gasteiger partial charge >= 0.3 is 0 Å². The summed E-state index contributed by atoms with van der Waals surface area (Å²) < 4.78 is 0. The summed E-state index contributed by atoms with van der Waals surface area (Å²) in [5.41, 5.74) is 1.30. The van der Waals surface area contributed by atoms with Crippen molar-refractivity contribution in [3.8, 4) is 0 Å². The molecule has 0 radical (unpaired) electrons. The van der Waals surface area contributed by atoms with Gasteiger partial charge in [0.2, 0.25) is 5.91 Å². The maximum atomic E-state index is 12.8. The first-order valence-electron chi connectivity index (χ1n) is 7.92. The van der Waals surface area contributed by atoms with Crippen LogP contribution in [0, 0.1) is 5.92 Å². The number of nitrogens with one attached hydrogen (secondary N) is 1. The van der Waals surface area contributed by atoms with Crippen LogP contribution in [-0.4, -0.2) is 30.4 Å². The van der Waals surface area contributed by atoms with Crippen LogP contribution in [0.2, 0.25) is 0 Å². The molecule has 0 bridgehead atoms. The third kappa shape index (κ3) is 2.88. The predicted octanol–water partition coefficient (Wildman–Crippen LogP) is 2.74. The van der Waals surface area contributed by atoms with Gasteiger partial charge in [0.15, 0.2) is 0 Å². The molecule has 0 saturated carbocycles. The maximum Gasteiger partial charge on any atom is 0.227 e. The Morgan fingerprint density at radius 1 is 1.10 bits per heavy atom. The van der Waals surface area contributed by atoms with E-state index in [1.165, 1.54) is 18.4 Å². The summed E-state index contributed by atoms with van der Waals surface area (Å²) >= 11 is 0. The largest absolute Gasteiger partial charge is 0.335 e. The van der Waals surface area contributed by atoms with Gasteiger partial charge in [-0.05, 0) is 31.4 Å². The molecule has 2 heterocycles. The molecule has 1 aromatic carbocycles. The smallest absolute Gasteiger partial charge is 0.227 e. The molecule has 2 unspecified atom stereocenters. The first-order valence-corrected chi connectivity index (χ1v) is 7.92. The lowest BCUT2D eigenvalue weighted by molar-refractivity contribution is -0.137. The molecule has 3 nitrogen and oxygen atoms in total. The number of hydrogen-bond donors (Lipinski definition) is 1. The third-order valence-corrected chi connectivity index (χ3v) is 4.63. The molecule has 0 aliphatic carbocycles. The second kappa shape index (κ2) is 6.40. The van der Waals surface area contributed by atoms with Crippen molar-refractivity contribution >= 4 is 5.91 Å². The van der Waals surface area contributed by atoms with Crippen LogP contribution in [0.15, 0.2) is 30.3 Å². The van der Waals surface area contributed by atoms with Crippen LogP contribution < -0.4 is 5.32 Å². The lowest BCUT2D eigenvalue weighted by Gasteiger charge is -2.32. The number of nitrogens with zero attached hydrogens (tertiary/aromatic N) is 1. The zero-order valence-electron chi connectivity index (χ0n) is 12.1. The van der Waals surface area contributed by atoms with Crippen molar-refractivity contribution in [3.63, 3.8) is 0 Å². The second-order valence-electron chi connectivity index (χ2n) is 6.00. The molecule has 20 heavy (non-hydrogen) atoms. The van der Waals surface area contributed by atoms with Crippen molar-refractivity contribution < 1.29 is 4.79 Å². The van der Waals surface area contributed by atoms with E-state index >= 15 is 0 Å². The van der Waals surface area contributed by atoms with Gasteiger partial charge in [-0.1, -0.05) is 43.2 Å². The molecule has 2 atom stereocenters. The fourth-order valence-electron chi connectivity index (χ4n) is 3.49. The molecule has 1 N–H and O–H groups in total. The van der Waals surface area contributed by atoms with Crippen molar-refractivity contribution in [2.24, 2.45) is 5.92 Å². The van der Waals surface area contributed by atoms with Gasteiger partial charge in [-0.25, -0.2) is 0 Å². The summed E-state index contributed by atoms with van der Waals surface area (Å²) in [5, 5.41) is 3.32. The van der Waals surface area contributed by atoms with Crippen LogP contribution in [0.5, 0.6) is 0 Å². The molecule has 3 heteroatoms. The van der Waals surface area contributed by atoms with Crippen LogP contribution in [-0.2, 0) is 4.79 Å². The molecule has 1 amide bonds. The Balaban J connectivity index is 1.82. The van der Waals surface area contributed by atoms with E-state index in [1.54, 1.807) is 0 Å². The number of benzene rings is 1. The van der Waals surface area contributed by atoms with Gasteiger partial charge in [-0.2, -0.15) is 0 Å². The van der Waals surface area contributed by atoms with Crippen LogP contribution in [0.3, 0.4) is 0 Å².